The summed E-state index contributed by atoms with van der Waals surface area (Å²) in [5.74, 6) is -0.453. The van der Waals surface area contributed by atoms with Gasteiger partial charge in [0.2, 0.25) is 5.95 Å². The number of halogens is 4. The number of aromatic nitrogens is 2. The van der Waals surface area contributed by atoms with E-state index in [-0.39, 0.29) is 12.4 Å². The molecule has 1 aromatic carbocycles. The molecule has 0 atom stereocenters. The van der Waals surface area contributed by atoms with E-state index in [2.05, 4.69) is 15.3 Å². The SMILES string of the molecule is Nc1nc(NCc2ccccc2Cl)cc(C(F)(F)F)n1. The molecule has 2 rings (SSSR count). The summed E-state index contributed by atoms with van der Waals surface area (Å²) in [5, 5.41) is 3.25. The fraction of sp³-hybridized carbons (Fsp3) is 0.167. The number of rotatable bonds is 3. The summed E-state index contributed by atoms with van der Waals surface area (Å²) in [6.07, 6.45) is -4.57. The van der Waals surface area contributed by atoms with Crippen LogP contribution >= 0.6 is 11.6 Å². The number of nitrogens with two attached hydrogens (primary N) is 1. The number of hydrogen-bond acceptors (Lipinski definition) is 4. The molecule has 0 aliphatic heterocycles. The topological polar surface area (TPSA) is 63.8 Å². The van der Waals surface area contributed by atoms with Crippen LogP contribution in [-0.2, 0) is 12.7 Å². The molecule has 1 aromatic heterocycles. The minimum atomic E-state index is -4.57. The molecule has 20 heavy (non-hydrogen) atoms. The molecule has 106 valence electrons. The molecule has 0 bridgehead atoms. The van der Waals surface area contributed by atoms with Gasteiger partial charge in [0.25, 0.3) is 0 Å². The van der Waals surface area contributed by atoms with Crippen molar-refractivity contribution in [3.8, 4) is 0 Å². The smallest absolute Gasteiger partial charge is 0.368 e. The summed E-state index contributed by atoms with van der Waals surface area (Å²) in [7, 11) is 0. The minimum absolute atomic E-state index is 0.00950. The van der Waals surface area contributed by atoms with Crippen LogP contribution in [0.3, 0.4) is 0 Å². The van der Waals surface area contributed by atoms with E-state index in [0.717, 1.165) is 11.6 Å². The first kappa shape index (κ1) is 14.4. The average Bonchev–Trinajstić information content (AvgIpc) is 2.36. The van der Waals surface area contributed by atoms with Crippen molar-refractivity contribution in [3.05, 3.63) is 46.6 Å². The van der Waals surface area contributed by atoms with E-state index in [4.69, 9.17) is 17.3 Å². The number of nitrogen functional groups attached to an aromatic ring is 1. The van der Waals surface area contributed by atoms with Gasteiger partial charge in [-0.2, -0.15) is 18.2 Å². The van der Waals surface area contributed by atoms with E-state index in [0.29, 0.717) is 5.02 Å². The molecule has 0 unspecified atom stereocenters. The third kappa shape index (κ3) is 3.51. The molecule has 0 spiro atoms. The zero-order chi connectivity index (χ0) is 14.8. The van der Waals surface area contributed by atoms with E-state index < -0.39 is 17.8 Å². The molecule has 0 aliphatic rings. The Morgan fingerprint density at radius 1 is 1.20 bits per heavy atom. The summed E-state index contributed by atoms with van der Waals surface area (Å²) in [6.45, 7) is 0.230. The Morgan fingerprint density at radius 3 is 2.55 bits per heavy atom. The zero-order valence-corrected chi connectivity index (χ0v) is 10.8. The average molecular weight is 303 g/mol. The van der Waals surface area contributed by atoms with E-state index in [1.165, 1.54) is 0 Å². The summed E-state index contributed by atoms with van der Waals surface area (Å²) >= 11 is 5.95. The second kappa shape index (κ2) is 5.54. The molecular formula is C12H10ClF3N4. The van der Waals surface area contributed by atoms with Gasteiger partial charge in [-0.3, -0.25) is 0 Å². The van der Waals surface area contributed by atoms with Crippen molar-refractivity contribution in [3.63, 3.8) is 0 Å². The predicted octanol–water partition coefficient (Wildman–Crippen LogP) is 3.34. The van der Waals surface area contributed by atoms with Crippen LogP contribution < -0.4 is 11.1 Å². The van der Waals surface area contributed by atoms with Gasteiger partial charge in [0.1, 0.15) is 5.82 Å². The van der Waals surface area contributed by atoms with Crippen LogP contribution in [0, 0.1) is 0 Å². The van der Waals surface area contributed by atoms with Crippen LogP contribution in [0.1, 0.15) is 11.3 Å². The van der Waals surface area contributed by atoms with Crippen molar-refractivity contribution in [1.82, 2.24) is 9.97 Å². The van der Waals surface area contributed by atoms with Gasteiger partial charge in [-0.1, -0.05) is 29.8 Å². The third-order valence-electron chi connectivity index (χ3n) is 2.45. The van der Waals surface area contributed by atoms with Gasteiger partial charge in [-0.05, 0) is 11.6 Å². The summed E-state index contributed by atoms with van der Waals surface area (Å²) < 4.78 is 37.7. The fourth-order valence-electron chi connectivity index (χ4n) is 1.53. The Morgan fingerprint density at radius 2 is 1.90 bits per heavy atom. The Labute approximate surface area is 117 Å². The van der Waals surface area contributed by atoms with Crippen molar-refractivity contribution in [2.24, 2.45) is 0 Å². The number of benzene rings is 1. The monoisotopic (exact) mass is 302 g/mol. The Balaban J connectivity index is 2.18. The summed E-state index contributed by atoms with van der Waals surface area (Å²) in [4.78, 5) is 6.86. The van der Waals surface area contributed by atoms with Crippen molar-refractivity contribution in [2.45, 2.75) is 12.7 Å². The first-order valence-electron chi connectivity index (χ1n) is 5.55. The molecule has 3 N–H and O–H groups in total. The van der Waals surface area contributed by atoms with Crippen LogP contribution in [0.2, 0.25) is 5.02 Å². The fourth-order valence-corrected chi connectivity index (χ4v) is 1.73. The number of anilines is 2. The van der Waals surface area contributed by atoms with Gasteiger partial charge < -0.3 is 11.1 Å². The molecule has 0 amide bonds. The highest BCUT2D eigenvalue weighted by Crippen LogP contribution is 2.29. The Kier molecular flexibility index (Phi) is 3.99. The molecule has 0 fully saturated rings. The highest BCUT2D eigenvalue weighted by Gasteiger charge is 2.33. The van der Waals surface area contributed by atoms with Crippen LogP contribution in [0.4, 0.5) is 24.9 Å². The molecule has 4 nitrogen and oxygen atoms in total. The number of nitrogens with one attached hydrogen (secondary N) is 1. The molecule has 0 aliphatic carbocycles. The molecule has 1 heterocycles. The van der Waals surface area contributed by atoms with Crippen LogP contribution in [0.5, 0.6) is 0 Å². The largest absolute Gasteiger partial charge is 0.433 e. The molecule has 0 radical (unpaired) electrons. The second-order valence-corrected chi connectivity index (χ2v) is 4.35. The zero-order valence-electron chi connectivity index (χ0n) is 10.1. The first-order valence-corrected chi connectivity index (χ1v) is 5.93. The molecule has 0 saturated heterocycles. The van der Waals surface area contributed by atoms with E-state index >= 15 is 0 Å². The first-order chi connectivity index (χ1) is 9.36. The molecule has 0 saturated carbocycles. The van der Waals surface area contributed by atoms with Crippen molar-refractivity contribution < 1.29 is 13.2 Å². The predicted molar refractivity (Wildman–Crippen MR) is 70.2 cm³/mol. The maximum Gasteiger partial charge on any atom is 0.433 e. The summed E-state index contributed by atoms with van der Waals surface area (Å²) in [5.41, 5.74) is 4.91. The molecule has 8 heteroatoms. The number of hydrogen-bond donors (Lipinski definition) is 2. The third-order valence-corrected chi connectivity index (χ3v) is 2.82. The van der Waals surface area contributed by atoms with Crippen LogP contribution in [0.25, 0.3) is 0 Å². The van der Waals surface area contributed by atoms with E-state index in [1.807, 2.05) is 0 Å². The number of nitrogens with zero attached hydrogens (tertiary/aromatic N) is 2. The highest BCUT2D eigenvalue weighted by molar-refractivity contribution is 6.31. The van der Waals surface area contributed by atoms with Crippen molar-refractivity contribution in [2.75, 3.05) is 11.1 Å². The number of alkyl halides is 3. The van der Waals surface area contributed by atoms with Gasteiger partial charge in [0.15, 0.2) is 5.69 Å². The normalized spacial score (nSPS) is 11.4. The molecular weight excluding hydrogens is 293 g/mol. The lowest BCUT2D eigenvalue weighted by atomic mass is 10.2. The lowest BCUT2D eigenvalue weighted by Gasteiger charge is -2.11. The highest BCUT2D eigenvalue weighted by atomic mass is 35.5. The maximum absolute atomic E-state index is 12.6. The van der Waals surface area contributed by atoms with Gasteiger partial charge in [0, 0.05) is 17.6 Å². The maximum atomic E-state index is 12.6. The van der Waals surface area contributed by atoms with Gasteiger partial charge in [-0.25, -0.2) is 4.98 Å². The molecule has 2 aromatic rings. The van der Waals surface area contributed by atoms with Crippen molar-refractivity contribution in [1.29, 1.82) is 0 Å². The van der Waals surface area contributed by atoms with Gasteiger partial charge in [0.05, 0.1) is 0 Å². The lowest BCUT2D eigenvalue weighted by Crippen LogP contribution is -2.13. The van der Waals surface area contributed by atoms with E-state index in [1.54, 1.807) is 24.3 Å². The lowest BCUT2D eigenvalue weighted by molar-refractivity contribution is -0.141. The van der Waals surface area contributed by atoms with Crippen molar-refractivity contribution >= 4 is 23.4 Å². The second-order valence-electron chi connectivity index (χ2n) is 3.94. The quantitative estimate of drug-likeness (QED) is 0.912. The van der Waals surface area contributed by atoms with Crippen LogP contribution in [0.15, 0.2) is 30.3 Å². The Hall–Kier alpha value is -2.02. The standard InChI is InChI=1S/C12H10ClF3N4/c13-8-4-2-1-3-7(8)6-18-10-5-9(12(14,15)16)19-11(17)20-10/h1-5H,6H2,(H3,17,18,19,20). The van der Waals surface area contributed by atoms with Gasteiger partial charge >= 0.3 is 6.18 Å². The Bertz CT molecular complexity index is 616. The van der Waals surface area contributed by atoms with E-state index in [9.17, 15) is 13.2 Å². The van der Waals surface area contributed by atoms with Crippen LogP contribution in [-0.4, -0.2) is 9.97 Å². The van der Waals surface area contributed by atoms with Gasteiger partial charge in [-0.15, -0.1) is 0 Å². The summed E-state index contributed by atoms with van der Waals surface area (Å²) in [6, 6.07) is 7.78. The minimum Gasteiger partial charge on any atom is -0.368 e.